The number of hydrogen-bond donors (Lipinski definition) is 1. The van der Waals surface area contributed by atoms with Crippen molar-refractivity contribution < 1.29 is 19.4 Å². The lowest BCUT2D eigenvalue weighted by molar-refractivity contribution is -0.154. The molecule has 32 heavy (non-hydrogen) atoms. The Morgan fingerprint density at radius 2 is 1.59 bits per heavy atom. The van der Waals surface area contributed by atoms with Gasteiger partial charge >= 0.3 is 12.1 Å². The largest absolute Gasteiger partial charge is 0.479 e. The number of ether oxygens (including phenoxy) is 1. The number of amides is 1. The summed E-state index contributed by atoms with van der Waals surface area (Å²) < 4.78 is 5.89. The molecule has 0 radical (unpaired) electrons. The lowest BCUT2D eigenvalue weighted by Crippen LogP contribution is -2.61. The normalized spacial score (nSPS) is 23.6. The van der Waals surface area contributed by atoms with E-state index >= 15 is 0 Å². The van der Waals surface area contributed by atoms with Gasteiger partial charge in [0.05, 0.1) is 0 Å². The minimum atomic E-state index is -1.26. The SMILES string of the molecule is CC(C)N(C(=O)OCC1c2ccccc2-c2ccccc21)C1(C(=O)O)CC(C)(C)CC1C. The van der Waals surface area contributed by atoms with E-state index in [9.17, 15) is 14.7 Å². The summed E-state index contributed by atoms with van der Waals surface area (Å²) in [4.78, 5) is 27.6. The number of carbonyl (C=O) groups is 2. The fraction of sp³-hybridized carbons (Fsp3) is 0.481. The number of fused-ring (bicyclic) bond motifs is 3. The number of hydrogen-bond acceptors (Lipinski definition) is 3. The first-order valence-electron chi connectivity index (χ1n) is 11.5. The van der Waals surface area contributed by atoms with Crippen LogP contribution in [0.3, 0.4) is 0 Å². The molecule has 5 heteroatoms. The highest BCUT2D eigenvalue weighted by molar-refractivity contribution is 5.86. The second-order valence-corrected chi connectivity index (χ2v) is 10.4. The highest BCUT2D eigenvalue weighted by Gasteiger charge is 2.60. The Hall–Kier alpha value is -2.82. The van der Waals surface area contributed by atoms with Gasteiger partial charge in [-0.05, 0) is 60.3 Å². The van der Waals surface area contributed by atoms with Crippen molar-refractivity contribution in [3.05, 3.63) is 59.7 Å². The zero-order chi connectivity index (χ0) is 23.3. The molecule has 2 aromatic rings. The van der Waals surface area contributed by atoms with Crippen LogP contribution in [0.1, 0.15) is 64.5 Å². The van der Waals surface area contributed by atoms with E-state index in [4.69, 9.17) is 4.74 Å². The maximum atomic E-state index is 13.5. The Morgan fingerprint density at radius 3 is 2.03 bits per heavy atom. The van der Waals surface area contributed by atoms with Crippen LogP contribution in [0.2, 0.25) is 0 Å². The molecule has 2 aromatic carbocycles. The smallest absolute Gasteiger partial charge is 0.411 e. The summed E-state index contributed by atoms with van der Waals surface area (Å²) in [5.74, 6) is -1.17. The molecule has 0 saturated heterocycles. The average Bonchev–Trinajstić information content (AvgIpc) is 3.17. The third-order valence-electron chi connectivity index (χ3n) is 7.27. The van der Waals surface area contributed by atoms with E-state index in [0.29, 0.717) is 6.42 Å². The quantitative estimate of drug-likeness (QED) is 0.632. The molecule has 4 rings (SSSR count). The van der Waals surface area contributed by atoms with Gasteiger partial charge in [-0.25, -0.2) is 9.59 Å². The van der Waals surface area contributed by atoms with Crippen LogP contribution in [-0.4, -0.2) is 40.3 Å². The number of benzene rings is 2. The minimum Gasteiger partial charge on any atom is -0.479 e. The van der Waals surface area contributed by atoms with Gasteiger partial charge < -0.3 is 9.84 Å². The van der Waals surface area contributed by atoms with Gasteiger partial charge in [-0.3, -0.25) is 4.90 Å². The molecule has 1 saturated carbocycles. The second-order valence-electron chi connectivity index (χ2n) is 10.4. The number of carboxylic acid groups (broad SMARTS) is 1. The predicted molar refractivity (Wildman–Crippen MR) is 125 cm³/mol. The molecule has 0 bridgehead atoms. The molecular formula is C27H33NO4. The van der Waals surface area contributed by atoms with Gasteiger partial charge in [0.1, 0.15) is 12.1 Å². The van der Waals surface area contributed by atoms with Crippen molar-refractivity contribution in [3.63, 3.8) is 0 Å². The van der Waals surface area contributed by atoms with E-state index in [2.05, 4.69) is 38.1 Å². The summed E-state index contributed by atoms with van der Waals surface area (Å²) >= 11 is 0. The van der Waals surface area contributed by atoms with Crippen molar-refractivity contribution in [2.75, 3.05) is 6.61 Å². The third-order valence-corrected chi connectivity index (χ3v) is 7.27. The maximum Gasteiger partial charge on any atom is 0.411 e. The molecule has 1 fully saturated rings. The van der Waals surface area contributed by atoms with Crippen molar-refractivity contribution in [2.24, 2.45) is 11.3 Å². The Bertz CT molecular complexity index is 998. The van der Waals surface area contributed by atoms with E-state index in [1.807, 2.05) is 45.0 Å². The zero-order valence-electron chi connectivity index (χ0n) is 19.6. The van der Waals surface area contributed by atoms with E-state index in [1.54, 1.807) is 0 Å². The lowest BCUT2D eigenvalue weighted by atomic mass is 9.84. The number of aliphatic carboxylic acids is 1. The van der Waals surface area contributed by atoms with Crippen LogP contribution in [0.5, 0.6) is 0 Å². The van der Waals surface area contributed by atoms with Gasteiger partial charge in [-0.1, -0.05) is 69.3 Å². The van der Waals surface area contributed by atoms with Crippen LogP contribution >= 0.6 is 0 Å². The second kappa shape index (κ2) is 7.95. The summed E-state index contributed by atoms with van der Waals surface area (Å²) in [5, 5.41) is 10.3. The van der Waals surface area contributed by atoms with Gasteiger partial charge in [0, 0.05) is 12.0 Å². The molecule has 0 heterocycles. The van der Waals surface area contributed by atoms with Crippen molar-refractivity contribution in [1.82, 2.24) is 4.90 Å². The molecule has 2 atom stereocenters. The highest BCUT2D eigenvalue weighted by atomic mass is 16.6. The molecule has 0 aromatic heterocycles. The number of carboxylic acids is 1. The van der Waals surface area contributed by atoms with Gasteiger partial charge in [-0.2, -0.15) is 0 Å². The molecule has 1 N–H and O–H groups in total. The van der Waals surface area contributed by atoms with Crippen LogP contribution in [-0.2, 0) is 9.53 Å². The van der Waals surface area contributed by atoms with Crippen molar-refractivity contribution >= 4 is 12.1 Å². The third kappa shape index (κ3) is 3.48. The summed E-state index contributed by atoms with van der Waals surface area (Å²) in [6.45, 7) is 10.0. The van der Waals surface area contributed by atoms with Gasteiger partial charge in [0.25, 0.3) is 0 Å². The van der Waals surface area contributed by atoms with E-state index in [0.717, 1.165) is 28.7 Å². The Kier molecular flexibility index (Phi) is 5.56. The number of nitrogens with zero attached hydrogens (tertiary/aromatic N) is 1. The predicted octanol–water partition coefficient (Wildman–Crippen LogP) is 5.93. The van der Waals surface area contributed by atoms with E-state index < -0.39 is 17.6 Å². The minimum absolute atomic E-state index is 0.0569. The zero-order valence-corrected chi connectivity index (χ0v) is 19.6. The Morgan fingerprint density at radius 1 is 1.06 bits per heavy atom. The van der Waals surface area contributed by atoms with Crippen molar-refractivity contribution in [1.29, 1.82) is 0 Å². The van der Waals surface area contributed by atoms with E-state index in [1.165, 1.54) is 4.90 Å². The van der Waals surface area contributed by atoms with E-state index in [-0.39, 0.29) is 29.9 Å². The van der Waals surface area contributed by atoms with Crippen LogP contribution in [0, 0.1) is 11.3 Å². The Balaban J connectivity index is 1.62. The standard InChI is InChI=1S/C27H33NO4/c1-17(2)28(27(24(29)30)16-26(4,5)14-18(27)3)25(31)32-15-23-21-12-8-6-10-19(21)20-11-7-9-13-22(20)23/h6-13,17-18,23H,14-16H2,1-5H3,(H,29,30). The first-order chi connectivity index (χ1) is 15.1. The topological polar surface area (TPSA) is 66.8 Å². The van der Waals surface area contributed by atoms with Crippen molar-refractivity contribution in [3.8, 4) is 11.1 Å². The Labute approximate surface area is 190 Å². The van der Waals surface area contributed by atoms with Crippen LogP contribution in [0.25, 0.3) is 11.1 Å². The van der Waals surface area contributed by atoms with Crippen molar-refractivity contribution in [2.45, 2.75) is 65.0 Å². The molecule has 2 unspecified atom stereocenters. The molecule has 0 spiro atoms. The molecule has 1 amide bonds. The molecule has 0 aliphatic heterocycles. The molecule has 2 aliphatic rings. The number of rotatable bonds is 5. The first kappa shape index (κ1) is 22.4. The fourth-order valence-corrected chi connectivity index (χ4v) is 6.18. The summed E-state index contributed by atoms with van der Waals surface area (Å²) in [7, 11) is 0. The monoisotopic (exact) mass is 435 g/mol. The van der Waals surface area contributed by atoms with Gasteiger partial charge in [0.2, 0.25) is 0 Å². The molecule has 5 nitrogen and oxygen atoms in total. The fourth-order valence-electron chi connectivity index (χ4n) is 6.18. The molecular weight excluding hydrogens is 402 g/mol. The number of carbonyl (C=O) groups excluding carboxylic acids is 1. The van der Waals surface area contributed by atoms with Crippen LogP contribution < -0.4 is 0 Å². The maximum absolute atomic E-state index is 13.5. The molecule has 2 aliphatic carbocycles. The van der Waals surface area contributed by atoms with Crippen LogP contribution in [0.15, 0.2) is 48.5 Å². The summed E-state index contributed by atoms with van der Waals surface area (Å²) in [6, 6.07) is 16.1. The lowest BCUT2D eigenvalue weighted by Gasteiger charge is -2.43. The summed E-state index contributed by atoms with van der Waals surface area (Å²) in [5.41, 5.74) is 3.19. The first-order valence-corrected chi connectivity index (χ1v) is 11.5. The summed E-state index contributed by atoms with van der Waals surface area (Å²) in [6.07, 6.45) is 0.617. The molecule has 170 valence electrons. The van der Waals surface area contributed by atoms with Crippen LogP contribution in [0.4, 0.5) is 4.79 Å². The van der Waals surface area contributed by atoms with Gasteiger partial charge in [-0.15, -0.1) is 0 Å². The van der Waals surface area contributed by atoms with Gasteiger partial charge in [0.15, 0.2) is 0 Å². The average molecular weight is 436 g/mol. The highest BCUT2D eigenvalue weighted by Crippen LogP contribution is 2.51.